The summed E-state index contributed by atoms with van der Waals surface area (Å²) >= 11 is 4.51. The van der Waals surface area contributed by atoms with E-state index in [1.165, 1.54) is 24.3 Å². The van der Waals surface area contributed by atoms with Crippen LogP contribution in [0.3, 0.4) is 0 Å². The highest BCUT2D eigenvalue weighted by Gasteiger charge is 2.21. The molecule has 2 atom stereocenters. The molecule has 1 aromatic heterocycles. The predicted molar refractivity (Wildman–Crippen MR) is 108 cm³/mol. The van der Waals surface area contributed by atoms with Gasteiger partial charge in [0.1, 0.15) is 11.6 Å². The number of ether oxygens (including phenoxy) is 1. The quantitative estimate of drug-likeness (QED) is 0.481. The second-order valence-corrected chi connectivity index (χ2v) is 8.08. The van der Waals surface area contributed by atoms with Gasteiger partial charge < -0.3 is 14.5 Å². The number of nitrogens with one attached hydrogen (secondary N) is 1. The molecule has 146 valence electrons. The fraction of sp³-hybridized carbons (Fsp3) is 0.211. The van der Waals surface area contributed by atoms with Crippen LogP contribution in [-0.4, -0.2) is 21.4 Å². The van der Waals surface area contributed by atoms with E-state index < -0.39 is 11.4 Å². The van der Waals surface area contributed by atoms with Crippen molar-refractivity contribution < 1.29 is 18.3 Å². The van der Waals surface area contributed by atoms with Crippen LogP contribution < -0.4 is 10.1 Å². The summed E-state index contributed by atoms with van der Waals surface area (Å²) in [5, 5.41) is 10.6. The Bertz CT molecular complexity index is 934. The van der Waals surface area contributed by atoms with Crippen molar-refractivity contribution in [1.82, 2.24) is 10.2 Å². The summed E-state index contributed by atoms with van der Waals surface area (Å²) in [7, 11) is 0. The molecule has 1 heterocycles. The Hall–Kier alpha value is -2.39. The van der Waals surface area contributed by atoms with E-state index in [4.69, 9.17) is 9.15 Å². The molecule has 2 aromatic carbocycles. The van der Waals surface area contributed by atoms with Gasteiger partial charge in [0.25, 0.3) is 11.1 Å². The molecule has 0 unspecified atom stereocenters. The number of halogens is 2. The first-order chi connectivity index (χ1) is 13.4. The first-order valence-electron chi connectivity index (χ1n) is 8.39. The molecule has 9 heteroatoms. The Balaban J connectivity index is 1.56. The lowest BCUT2D eigenvalue weighted by Gasteiger charge is -2.11. The molecular weight excluding hydrogens is 449 g/mol. The van der Waals surface area contributed by atoms with E-state index in [1.807, 2.05) is 12.1 Å². The minimum Gasteiger partial charge on any atom is -0.481 e. The number of thioether (sulfide) groups is 1. The number of anilines is 1. The second-order valence-electron chi connectivity index (χ2n) is 5.88. The molecule has 0 radical (unpaired) electrons. The van der Waals surface area contributed by atoms with E-state index in [-0.39, 0.29) is 22.8 Å². The number of carbonyl (C=O) groups is 1. The zero-order valence-corrected chi connectivity index (χ0v) is 17.5. The van der Waals surface area contributed by atoms with Crippen molar-refractivity contribution in [3.63, 3.8) is 0 Å². The first-order valence-corrected chi connectivity index (χ1v) is 10.1. The lowest BCUT2D eigenvalue weighted by atomic mass is 10.3. The van der Waals surface area contributed by atoms with E-state index in [2.05, 4.69) is 31.4 Å². The average molecular weight is 466 g/mol. The third-order valence-electron chi connectivity index (χ3n) is 3.65. The van der Waals surface area contributed by atoms with E-state index in [9.17, 15) is 9.18 Å². The molecule has 0 spiro atoms. The molecule has 0 saturated heterocycles. The van der Waals surface area contributed by atoms with E-state index >= 15 is 0 Å². The van der Waals surface area contributed by atoms with E-state index in [1.54, 1.807) is 26.0 Å². The topological polar surface area (TPSA) is 77.2 Å². The number of amides is 1. The molecule has 0 fully saturated rings. The maximum atomic E-state index is 13.0. The van der Waals surface area contributed by atoms with Crippen molar-refractivity contribution in [3.05, 3.63) is 64.7 Å². The fourth-order valence-electron chi connectivity index (χ4n) is 2.18. The van der Waals surface area contributed by atoms with Crippen molar-refractivity contribution in [3.8, 4) is 5.75 Å². The van der Waals surface area contributed by atoms with Crippen LogP contribution in [0.15, 0.2) is 62.6 Å². The van der Waals surface area contributed by atoms with Gasteiger partial charge in [-0.25, -0.2) is 4.39 Å². The summed E-state index contributed by atoms with van der Waals surface area (Å²) < 4.78 is 25.1. The number of nitrogens with zero attached hydrogens (tertiary/aromatic N) is 2. The Kier molecular flexibility index (Phi) is 6.69. The van der Waals surface area contributed by atoms with Gasteiger partial charge in [0.2, 0.25) is 5.91 Å². The van der Waals surface area contributed by atoms with Gasteiger partial charge in [0.05, 0.1) is 5.25 Å². The van der Waals surface area contributed by atoms with Crippen molar-refractivity contribution in [2.24, 2.45) is 0 Å². The number of benzene rings is 2. The van der Waals surface area contributed by atoms with Crippen LogP contribution in [0, 0.1) is 5.82 Å². The molecule has 1 N–H and O–H groups in total. The second kappa shape index (κ2) is 9.20. The molecule has 28 heavy (non-hydrogen) atoms. The Labute approximate surface area is 174 Å². The maximum absolute atomic E-state index is 13.0. The molecule has 0 aliphatic rings. The van der Waals surface area contributed by atoms with E-state index in [0.717, 1.165) is 16.2 Å². The predicted octanol–water partition coefficient (Wildman–Crippen LogP) is 5.23. The zero-order chi connectivity index (χ0) is 20.1. The molecular formula is C19H17BrFN3O3S. The Morgan fingerprint density at radius 2 is 1.82 bits per heavy atom. The largest absolute Gasteiger partial charge is 0.481 e. The third-order valence-corrected chi connectivity index (χ3v) is 5.12. The van der Waals surface area contributed by atoms with Crippen LogP contribution >= 0.6 is 27.7 Å². The van der Waals surface area contributed by atoms with Crippen LogP contribution in [0.5, 0.6) is 5.75 Å². The molecule has 0 bridgehead atoms. The SMILES string of the molecule is C[C@H](Sc1nnc([C@@H](C)Oc2ccc(F)cc2)o1)C(=O)Nc1ccc(Br)cc1. The lowest BCUT2D eigenvalue weighted by molar-refractivity contribution is -0.115. The number of hydrogen-bond donors (Lipinski definition) is 1. The van der Waals surface area contributed by atoms with Crippen LogP contribution in [-0.2, 0) is 4.79 Å². The average Bonchev–Trinajstić information content (AvgIpc) is 3.14. The Morgan fingerprint density at radius 1 is 1.14 bits per heavy atom. The van der Waals surface area contributed by atoms with E-state index in [0.29, 0.717) is 11.4 Å². The summed E-state index contributed by atoms with van der Waals surface area (Å²) in [5.41, 5.74) is 0.702. The lowest BCUT2D eigenvalue weighted by Crippen LogP contribution is -2.22. The highest BCUT2D eigenvalue weighted by Crippen LogP contribution is 2.27. The molecule has 0 aliphatic carbocycles. The van der Waals surface area contributed by atoms with Gasteiger partial charge >= 0.3 is 0 Å². The van der Waals surface area contributed by atoms with Crippen LogP contribution in [0.25, 0.3) is 0 Å². The van der Waals surface area contributed by atoms with Gasteiger partial charge in [-0.15, -0.1) is 10.2 Å². The Morgan fingerprint density at radius 3 is 2.50 bits per heavy atom. The van der Waals surface area contributed by atoms with Crippen molar-refractivity contribution in [1.29, 1.82) is 0 Å². The van der Waals surface area contributed by atoms with Crippen LogP contribution in [0.1, 0.15) is 25.8 Å². The third kappa shape index (κ3) is 5.56. The standard InChI is InChI=1S/C19H17BrFN3O3S/c1-11(26-16-9-5-14(21)6-10-16)18-23-24-19(27-18)28-12(2)17(25)22-15-7-3-13(20)4-8-15/h3-12H,1-2H3,(H,22,25)/t11-,12+/m1/s1. The molecule has 3 rings (SSSR count). The number of aromatic nitrogens is 2. The highest BCUT2D eigenvalue weighted by atomic mass is 79.9. The molecule has 1 amide bonds. The summed E-state index contributed by atoms with van der Waals surface area (Å²) in [6, 6.07) is 13.0. The smallest absolute Gasteiger partial charge is 0.277 e. The van der Waals surface area contributed by atoms with Crippen LogP contribution in [0.4, 0.5) is 10.1 Å². The fourth-order valence-corrected chi connectivity index (χ4v) is 3.14. The highest BCUT2D eigenvalue weighted by molar-refractivity contribution is 9.10. The number of rotatable bonds is 7. The van der Waals surface area contributed by atoms with Gasteiger partial charge in [0.15, 0.2) is 6.10 Å². The minimum atomic E-state index is -0.515. The van der Waals surface area contributed by atoms with Gasteiger partial charge in [-0.1, -0.05) is 27.7 Å². The summed E-state index contributed by atoms with van der Waals surface area (Å²) in [5.74, 6) is 0.241. The first kappa shape index (κ1) is 20.3. The molecule has 3 aromatic rings. The molecule has 0 aliphatic heterocycles. The summed E-state index contributed by atoms with van der Waals surface area (Å²) in [6.45, 7) is 3.50. The summed E-state index contributed by atoms with van der Waals surface area (Å²) in [6.07, 6.45) is -0.515. The van der Waals surface area contributed by atoms with Gasteiger partial charge in [-0.05, 0) is 62.4 Å². The van der Waals surface area contributed by atoms with Gasteiger partial charge in [0, 0.05) is 10.2 Å². The normalized spacial score (nSPS) is 13.0. The molecule has 6 nitrogen and oxygen atoms in total. The molecule has 0 saturated carbocycles. The van der Waals surface area contributed by atoms with Gasteiger partial charge in [-0.2, -0.15) is 0 Å². The van der Waals surface area contributed by atoms with Crippen molar-refractivity contribution >= 4 is 39.3 Å². The maximum Gasteiger partial charge on any atom is 0.277 e. The van der Waals surface area contributed by atoms with Crippen LogP contribution in [0.2, 0.25) is 0 Å². The van der Waals surface area contributed by atoms with Crippen molar-refractivity contribution in [2.45, 2.75) is 30.4 Å². The monoisotopic (exact) mass is 465 g/mol. The number of carbonyl (C=O) groups excluding carboxylic acids is 1. The van der Waals surface area contributed by atoms with Gasteiger partial charge in [-0.3, -0.25) is 4.79 Å². The zero-order valence-electron chi connectivity index (χ0n) is 15.1. The summed E-state index contributed by atoms with van der Waals surface area (Å²) in [4.78, 5) is 12.3. The number of hydrogen-bond acceptors (Lipinski definition) is 6. The minimum absolute atomic E-state index is 0.178. The van der Waals surface area contributed by atoms with Crippen molar-refractivity contribution in [2.75, 3.05) is 5.32 Å².